The number of tetrazole rings is 1. The molecule has 3 rings (SSSR count). The van der Waals surface area contributed by atoms with Crippen molar-refractivity contribution in [1.82, 2.24) is 25.9 Å². The highest BCUT2D eigenvalue weighted by Crippen LogP contribution is 2.29. The van der Waals surface area contributed by atoms with Crippen LogP contribution >= 0.6 is 0 Å². The number of nitrogens with zero attached hydrogens (tertiary/aromatic N) is 3. The molecule has 5 heteroatoms. The van der Waals surface area contributed by atoms with E-state index in [4.69, 9.17) is 0 Å². The van der Waals surface area contributed by atoms with Crippen molar-refractivity contribution < 1.29 is 0 Å². The summed E-state index contributed by atoms with van der Waals surface area (Å²) in [7, 11) is 0. The van der Waals surface area contributed by atoms with Crippen molar-refractivity contribution in [1.29, 1.82) is 0 Å². The summed E-state index contributed by atoms with van der Waals surface area (Å²) in [6.45, 7) is 0.662. The zero-order valence-electron chi connectivity index (χ0n) is 9.56. The van der Waals surface area contributed by atoms with Gasteiger partial charge >= 0.3 is 0 Å². The Morgan fingerprint density at radius 2 is 2.29 bits per heavy atom. The molecule has 1 aromatic heterocycles. The van der Waals surface area contributed by atoms with E-state index in [1.54, 1.807) is 0 Å². The topological polar surface area (TPSA) is 66.5 Å². The van der Waals surface area contributed by atoms with E-state index >= 15 is 0 Å². The summed E-state index contributed by atoms with van der Waals surface area (Å²) < 4.78 is 0. The first-order chi connectivity index (χ1) is 8.43. The first-order valence-electron chi connectivity index (χ1n) is 5.97. The Balaban J connectivity index is 1.72. The molecule has 2 aromatic rings. The number of hydrogen-bond acceptors (Lipinski definition) is 4. The maximum absolute atomic E-state index is 3.95. The van der Waals surface area contributed by atoms with Crippen LogP contribution in [0.25, 0.3) is 0 Å². The molecule has 0 saturated heterocycles. The van der Waals surface area contributed by atoms with Gasteiger partial charge in [0.25, 0.3) is 0 Å². The minimum atomic E-state index is 0.415. The molecule has 0 radical (unpaired) electrons. The van der Waals surface area contributed by atoms with Gasteiger partial charge in [0.15, 0.2) is 5.82 Å². The van der Waals surface area contributed by atoms with Crippen LogP contribution in [0.1, 0.15) is 35.8 Å². The zero-order chi connectivity index (χ0) is 11.5. The fraction of sp³-hybridized carbons (Fsp3) is 0.417. The van der Waals surface area contributed by atoms with E-state index in [1.807, 2.05) is 0 Å². The molecule has 0 fully saturated rings. The number of fused-ring (bicyclic) bond motifs is 1. The van der Waals surface area contributed by atoms with Crippen LogP contribution in [0.4, 0.5) is 0 Å². The normalized spacial score (nSPS) is 18.9. The monoisotopic (exact) mass is 229 g/mol. The maximum atomic E-state index is 3.95. The number of aryl methyl sites for hydroxylation is 1. The molecule has 1 aliphatic rings. The summed E-state index contributed by atoms with van der Waals surface area (Å²) >= 11 is 0. The van der Waals surface area contributed by atoms with Gasteiger partial charge in [-0.05, 0) is 30.4 Å². The van der Waals surface area contributed by atoms with E-state index in [9.17, 15) is 0 Å². The van der Waals surface area contributed by atoms with Crippen LogP contribution in [0.3, 0.4) is 0 Å². The summed E-state index contributed by atoms with van der Waals surface area (Å²) in [5, 5.41) is 17.4. The predicted octanol–water partition coefficient (Wildman–Crippen LogP) is 1.37. The van der Waals surface area contributed by atoms with E-state index < -0.39 is 0 Å². The Kier molecular flexibility index (Phi) is 2.83. The number of nitrogens with one attached hydrogen (secondary N) is 2. The van der Waals surface area contributed by atoms with Crippen LogP contribution in [0, 0.1) is 0 Å². The number of hydrogen-bond donors (Lipinski definition) is 2. The first kappa shape index (κ1) is 10.4. The standard InChI is InChI=1S/C12H15N5/c1-2-6-10-9(4-1)5-3-7-11(10)13-8-12-14-16-17-15-12/h1-2,4,6,11,13H,3,5,7-8H2,(H,14,15,16,17). The van der Waals surface area contributed by atoms with Crippen molar-refractivity contribution in [3.05, 3.63) is 41.2 Å². The van der Waals surface area contributed by atoms with Crippen molar-refractivity contribution in [3.8, 4) is 0 Å². The number of aromatic amines is 1. The Bertz CT molecular complexity index is 479. The van der Waals surface area contributed by atoms with Crippen LogP contribution in [-0.4, -0.2) is 20.6 Å². The molecule has 0 aliphatic heterocycles. The lowest BCUT2D eigenvalue weighted by Crippen LogP contribution is -2.25. The number of rotatable bonds is 3. The SMILES string of the molecule is c1ccc2c(c1)CCCC2NCc1nn[nH]n1. The Labute approximate surface area is 99.6 Å². The minimum absolute atomic E-state index is 0.415. The van der Waals surface area contributed by atoms with E-state index in [1.165, 1.54) is 30.4 Å². The van der Waals surface area contributed by atoms with Gasteiger partial charge in [-0.2, -0.15) is 5.21 Å². The van der Waals surface area contributed by atoms with Gasteiger partial charge in [0.05, 0.1) is 6.54 Å². The molecule has 0 spiro atoms. The molecule has 88 valence electrons. The van der Waals surface area contributed by atoms with Crippen LogP contribution in [0.5, 0.6) is 0 Å². The summed E-state index contributed by atoms with van der Waals surface area (Å²) in [6, 6.07) is 9.06. The lowest BCUT2D eigenvalue weighted by atomic mass is 9.88. The molecule has 1 unspecified atom stereocenters. The zero-order valence-corrected chi connectivity index (χ0v) is 9.56. The highest BCUT2D eigenvalue weighted by atomic mass is 15.5. The van der Waals surface area contributed by atoms with Crippen molar-refractivity contribution in [3.63, 3.8) is 0 Å². The van der Waals surface area contributed by atoms with Gasteiger partial charge in [0.2, 0.25) is 0 Å². The van der Waals surface area contributed by atoms with Crippen LogP contribution in [0.15, 0.2) is 24.3 Å². The number of aromatic nitrogens is 4. The van der Waals surface area contributed by atoms with Crippen molar-refractivity contribution >= 4 is 0 Å². The average molecular weight is 229 g/mol. The molecule has 0 amide bonds. The lowest BCUT2D eigenvalue weighted by molar-refractivity contribution is 0.453. The smallest absolute Gasteiger partial charge is 0.188 e. The first-order valence-corrected chi connectivity index (χ1v) is 5.97. The molecule has 2 N–H and O–H groups in total. The second kappa shape index (κ2) is 4.63. The Hall–Kier alpha value is -1.75. The molecule has 0 bridgehead atoms. The molecular formula is C12H15N5. The van der Waals surface area contributed by atoms with E-state index in [-0.39, 0.29) is 0 Å². The van der Waals surface area contributed by atoms with Crippen LogP contribution in [-0.2, 0) is 13.0 Å². The van der Waals surface area contributed by atoms with Gasteiger partial charge in [-0.3, -0.25) is 0 Å². The minimum Gasteiger partial charge on any atom is -0.303 e. The second-order valence-electron chi connectivity index (χ2n) is 4.35. The van der Waals surface area contributed by atoms with Gasteiger partial charge in [0, 0.05) is 6.04 Å². The number of benzene rings is 1. The largest absolute Gasteiger partial charge is 0.303 e. The summed E-state index contributed by atoms with van der Waals surface area (Å²) in [4.78, 5) is 0. The van der Waals surface area contributed by atoms with Crippen LogP contribution in [0.2, 0.25) is 0 Å². The van der Waals surface area contributed by atoms with Gasteiger partial charge in [-0.1, -0.05) is 29.5 Å². The predicted molar refractivity (Wildman–Crippen MR) is 63.1 cm³/mol. The highest BCUT2D eigenvalue weighted by molar-refractivity contribution is 5.32. The lowest BCUT2D eigenvalue weighted by Gasteiger charge is -2.25. The molecule has 1 aromatic carbocycles. The third kappa shape index (κ3) is 2.19. The van der Waals surface area contributed by atoms with E-state index in [0.29, 0.717) is 18.4 Å². The van der Waals surface area contributed by atoms with E-state index in [2.05, 4.69) is 50.2 Å². The quantitative estimate of drug-likeness (QED) is 0.834. The van der Waals surface area contributed by atoms with Gasteiger partial charge in [0.1, 0.15) is 0 Å². The molecular weight excluding hydrogens is 214 g/mol. The van der Waals surface area contributed by atoms with E-state index in [0.717, 1.165) is 0 Å². The molecule has 1 atom stereocenters. The third-order valence-electron chi connectivity index (χ3n) is 3.27. The van der Waals surface area contributed by atoms with Gasteiger partial charge < -0.3 is 5.32 Å². The maximum Gasteiger partial charge on any atom is 0.188 e. The number of H-pyrrole nitrogens is 1. The Morgan fingerprint density at radius 3 is 3.18 bits per heavy atom. The molecule has 17 heavy (non-hydrogen) atoms. The van der Waals surface area contributed by atoms with Gasteiger partial charge in [-0.15, -0.1) is 10.2 Å². The average Bonchev–Trinajstić information content (AvgIpc) is 2.89. The van der Waals surface area contributed by atoms with Crippen LogP contribution < -0.4 is 5.32 Å². The Morgan fingerprint density at radius 1 is 1.35 bits per heavy atom. The van der Waals surface area contributed by atoms with Crippen molar-refractivity contribution in [2.75, 3.05) is 0 Å². The fourth-order valence-corrected chi connectivity index (χ4v) is 2.44. The van der Waals surface area contributed by atoms with Crippen molar-refractivity contribution in [2.24, 2.45) is 0 Å². The highest BCUT2D eigenvalue weighted by Gasteiger charge is 2.19. The third-order valence-corrected chi connectivity index (χ3v) is 3.27. The second-order valence-corrected chi connectivity index (χ2v) is 4.35. The molecule has 0 saturated carbocycles. The van der Waals surface area contributed by atoms with Gasteiger partial charge in [-0.25, -0.2) is 0 Å². The van der Waals surface area contributed by atoms with Crippen molar-refractivity contribution in [2.45, 2.75) is 31.8 Å². The fourth-order valence-electron chi connectivity index (χ4n) is 2.44. The summed E-state index contributed by atoms with van der Waals surface area (Å²) in [5.41, 5.74) is 2.88. The molecule has 1 heterocycles. The molecule has 1 aliphatic carbocycles. The molecule has 5 nitrogen and oxygen atoms in total. The summed E-state index contributed by atoms with van der Waals surface area (Å²) in [5.74, 6) is 0.716. The summed E-state index contributed by atoms with van der Waals surface area (Å²) in [6.07, 6.45) is 3.60.